The van der Waals surface area contributed by atoms with E-state index >= 15 is 0 Å². The van der Waals surface area contributed by atoms with Crippen molar-refractivity contribution in [1.82, 2.24) is 0 Å². The third kappa shape index (κ3) is 5.99. The van der Waals surface area contributed by atoms with Gasteiger partial charge in [0.25, 0.3) is 0 Å². The normalized spacial score (nSPS) is 12.4. The smallest absolute Gasteiger partial charge is 0.136 e. The maximum atomic E-state index is 6.67. The van der Waals surface area contributed by atoms with Gasteiger partial charge >= 0.3 is 0 Å². The zero-order valence-corrected chi connectivity index (χ0v) is 34.0. The largest absolute Gasteiger partial charge is 0.456 e. The Balaban J connectivity index is 1.12. The van der Waals surface area contributed by atoms with E-state index in [1.165, 1.54) is 16.7 Å². The molecule has 0 spiro atoms. The van der Waals surface area contributed by atoms with Gasteiger partial charge in [-0.05, 0) is 163 Å². The molecule has 2 heterocycles. The lowest BCUT2D eigenvalue weighted by Crippen LogP contribution is -2.18. The first-order chi connectivity index (χ1) is 28.8. The van der Waals surface area contributed by atoms with Crippen LogP contribution in [0.2, 0.25) is 0 Å². The maximum absolute atomic E-state index is 6.67. The molecular formula is C55H44N2O2. The number of furan rings is 2. The lowest BCUT2D eigenvalue weighted by atomic mass is 10.00. The van der Waals surface area contributed by atoms with E-state index in [-0.39, 0.29) is 0 Å². The molecule has 4 heteroatoms. The molecule has 10 aromatic rings. The summed E-state index contributed by atoms with van der Waals surface area (Å²) in [5, 5.41) is 8.81. The number of hydrogen-bond donors (Lipinski definition) is 0. The predicted molar refractivity (Wildman–Crippen MR) is 251 cm³/mol. The summed E-state index contributed by atoms with van der Waals surface area (Å²) in [5.41, 5.74) is 14.9. The highest BCUT2D eigenvalue weighted by Crippen LogP contribution is 2.45. The molecule has 0 amide bonds. The number of aryl methyl sites for hydroxylation is 3. The molecule has 0 aliphatic heterocycles. The van der Waals surface area contributed by atoms with Crippen molar-refractivity contribution in [3.8, 4) is 0 Å². The van der Waals surface area contributed by atoms with Crippen LogP contribution in [0.25, 0.3) is 65.4 Å². The third-order valence-electron chi connectivity index (χ3n) is 11.9. The summed E-state index contributed by atoms with van der Waals surface area (Å²) < 4.78 is 13.3. The van der Waals surface area contributed by atoms with Crippen LogP contribution < -0.4 is 9.80 Å². The average molecular weight is 765 g/mol. The number of nitrogens with zero attached hydrogens (tertiary/aromatic N) is 2. The number of para-hydroxylation sites is 3. The fourth-order valence-electron chi connectivity index (χ4n) is 8.77. The van der Waals surface area contributed by atoms with E-state index in [1.54, 1.807) is 0 Å². The van der Waals surface area contributed by atoms with Crippen molar-refractivity contribution < 1.29 is 8.83 Å². The van der Waals surface area contributed by atoms with Gasteiger partial charge in [0, 0.05) is 55.7 Å². The van der Waals surface area contributed by atoms with Gasteiger partial charge in [-0.15, -0.1) is 0 Å². The van der Waals surface area contributed by atoms with E-state index in [0.717, 1.165) is 105 Å². The molecule has 0 N–H and O–H groups in total. The van der Waals surface area contributed by atoms with Gasteiger partial charge in [0.2, 0.25) is 0 Å². The number of benzene rings is 8. The summed E-state index contributed by atoms with van der Waals surface area (Å²) in [6.07, 6.45) is 6.09. The monoisotopic (exact) mass is 764 g/mol. The SMILES string of the molecule is C=C/C=C(\C(C)=C/C)N(c1ccc2cc3c(cc2c1)oc1ccc2oc4cc5cc(N(c6ccccc6C)c6ccccc6C)ccc5cc4c2c13)c1ccccc1C. The number of rotatable bonds is 8. The molecule has 0 saturated heterocycles. The van der Waals surface area contributed by atoms with Gasteiger partial charge in [-0.1, -0.05) is 85.5 Å². The molecule has 10 rings (SSSR count). The standard InChI is InChI=1S/C55H44N2O2/c1-7-15-46(34(3)8-2)56(47-19-12-9-16-35(47)4)42-24-22-38-30-44-52(32-40(38)28-42)58-50-26-27-51-55(54(44)50)45-31-39-23-25-43(29-41(39)33-53(45)59-51)57(48-20-13-10-17-36(48)5)49-21-14-11-18-37(49)6/h7-33H,1H2,2-6H3/b34-8-,46-15+. The van der Waals surface area contributed by atoms with Gasteiger partial charge < -0.3 is 18.6 Å². The summed E-state index contributed by atoms with van der Waals surface area (Å²) in [4.78, 5) is 4.69. The van der Waals surface area contributed by atoms with Gasteiger partial charge in [0.1, 0.15) is 22.3 Å². The number of hydrogen-bond acceptors (Lipinski definition) is 4. The Bertz CT molecular complexity index is 3330. The number of allylic oxidation sites excluding steroid dienone is 4. The molecule has 0 fully saturated rings. The van der Waals surface area contributed by atoms with E-state index in [4.69, 9.17) is 8.83 Å². The van der Waals surface area contributed by atoms with Crippen LogP contribution in [0.1, 0.15) is 30.5 Å². The van der Waals surface area contributed by atoms with Crippen molar-refractivity contribution in [2.24, 2.45) is 0 Å². The van der Waals surface area contributed by atoms with Gasteiger partial charge in [-0.3, -0.25) is 0 Å². The molecule has 0 aliphatic carbocycles. The lowest BCUT2D eigenvalue weighted by Gasteiger charge is -2.30. The van der Waals surface area contributed by atoms with Crippen LogP contribution in [0.15, 0.2) is 191 Å². The third-order valence-corrected chi connectivity index (χ3v) is 11.9. The summed E-state index contributed by atoms with van der Waals surface area (Å²) >= 11 is 0. The molecule has 0 bridgehead atoms. The van der Waals surface area contributed by atoms with Crippen LogP contribution in [-0.2, 0) is 0 Å². The molecule has 0 saturated carbocycles. The van der Waals surface area contributed by atoms with Crippen molar-refractivity contribution in [3.05, 3.63) is 198 Å². The van der Waals surface area contributed by atoms with E-state index in [1.807, 2.05) is 18.2 Å². The van der Waals surface area contributed by atoms with Crippen LogP contribution in [-0.4, -0.2) is 0 Å². The Morgan fingerprint density at radius 3 is 1.47 bits per heavy atom. The molecule has 2 aromatic heterocycles. The fourth-order valence-corrected chi connectivity index (χ4v) is 8.77. The topological polar surface area (TPSA) is 32.8 Å². The van der Waals surface area contributed by atoms with Gasteiger partial charge in [0.05, 0.1) is 0 Å². The second-order valence-electron chi connectivity index (χ2n) is 15.6. The first-order valence-corrected chi connectivity index (χ1v) is 20.2. The summed E-state index contributed by atoms with van der Waals surface area (Å²) in [6.45, 7) is 14.8. The molecule has 59 heavy (non-hydrogen) atoms. The van der Waals surface area contributed by atoms with E-state index in [2.05, 4.69) is 197 Å². The molecule has 0 radical (unpaired) electrons. The van der Waals surface area contributed by atoms with E-state index < -0.39 is 0 Å². The minimum Gasteiger partial charge on any atom is -0.456 e. The molecule has 8 aromatic carbocycles. The molecule has 286 valence electrons. The molecule has 0 unspecified atom stereocenters. The molecule has 0 aliphatic rings. The van der Waals surface area contributed by atoms with E-state index in [9.17, 15) is 0 Å². The van der Waals surface area contributed by atoms with E-state index in [0.29, 0.717) is 0 Å². The van der Waals surface area contributed by atoms with Crippen LogP contribution in [0.4, 0.5) is 28.4 Å². The van der Waals surface area contributed by atoms with Crippen LogP contribution in [0.5, 0.6) is 0 Å². The predicted octanol–water partition coefficient (Wildman–Crippen LogP) is 16.4. The first-order valence-electron chi connectivity index (χ1n) is 20.2. The highest BCUT2D eigenvalue weighted by Gasteiger charge is 2.22. The fraction of sp³-hybridized carbons (Fsp3) is 0.0909. The second kappa shape index (κ2) is 14.3. The Kier molecular flexibility index (Phi) is 8.72. The summed E-state index contributed by atoms with van der Waals surface area (Å²) in [5.74, 6) is 0. The van der Waals surface area contributed by atoms with Gasteiger partial charge in [-0.2, -0.15) is 0 Å². The minimum atomic E-state index is 0.842. The maximum Gasteiger partial charge on any atom is 0.136 e. The molecule has 0 atom stereocenters. The van der Waals surface area contributed by atoms with Crippen LogP contribution in [0.3, 0.4) is 0 Å². The van der Waals surface area contributed by atoms with Crippen LogP contribution in [0, 0.1) is 20.8 Å². The molecule has 4 nitrogen and oxygen atoms in total. The Morgan fingerprint density at radius 2 is 0.983 bits per heavy atom. The quantitative estimate of drug-likeness (QED) is 0.144. The molecular weight excluding hydrogens is 721 g/mol. The number of fused-ring (bicyclic) bond motifs is 9. The highest BCUT2D eigenvalue weighted by atomic mass is 16.3. The summed E-state index contributed by atoms with van der Waals surface area (Å²) in [7, 11) is 0. The Hall–Kier alpha value is -7.30. The van der Waals surface area contributed by atoms with Crippen molar-refractivity contribution in [2.75, 3.05) is 9.80 Å². The first kappa shape index (κ1) is 36.1. The van der Waals surface area contributed by atoms with Crippen LogP contribution >= 0.6 is 0 Å². The minimum absolute atomic E-state index is 0.842. The number of anilines is 5. The summed E-state index contributed by atoms with van der Waals surface area (Å²) in [6, 6.07) is 52.1. The van der Waals surface area contributed by atoms with Crippen molar-refractivity contribution in [1.29, 1.82) is 0 Å². The van der Waals surface area contributed by atoms with Crippen molar-refractivity contribution in [3.63, 3.8) is 0 Å². The zero-order valence-electron chi connectivity index (χ0n) is 34.0. The second-order valence-corrected chi connectivity index (χ2v) is 15.6. The lowest BCUT2D eigenvalue weighted by molar-refractivity contribution is 0.663. The Morgan fingerprint density at radius 1 is 0.508 bits per heavy atom. The Labute approximate surface area is 344 Å². The zero-order chi connectivity index (χ0) is 40.4. The highest BCUT2D eigenvalue weighted by molar-refractivity contribution is 6.27. The van der Waals surface area contributed by atoms with Crippen molar-refractivity contribution >= 4 is 93.9 Å². The average Bonchev–Trinajstić information content (AvgIpc) is 3.80. The van der Waals surface area contributed by atoms with Crippen molar-refractivity contribution in [2.45, 2.75) is 34.6 Å². The van der Waals surface area contributed by atoms with Gasteiger partial charge in [0.15, 0.2) is 0 Å². The van der Waals surface area contributed by atoms with Gasteiger partial charge in [-0.25, -0.2) is 0 Å².